The zero-order valence-corrected chi connectivity index (χ0v) is 19.5. The molecule has 1 atom stereocenters. The molecule has 0 radical (unpaired) electrons. The smallest absolute Gasteiger partial charge is 0.252 e. The van der Waals surface area contributed by atoms with Crippen LogP contribution in [0, 0.1) is 13.8 Å². The van der Waals surface area contributed by atoms with Gasteiger partial charge in [-0.25, -0.2) is 8.42 Å². The molecule has 170 valence electrons. The fourth-order valence-corrected chi connectivity index (χ4v) is 5.47. The van der Waals surface area contributed by atoms with E-state index in [-0.39, 0.29) is 30.2 Å². The van der Waals surface area contributed by atoms with Crippen molar-refractivity contribution in [1.82, 2.24) is 9.29 Å². The predicted octanol–water partition coefficient (Wildman–Crippen LogP) is 3.40. The molecule has 1 fully saturated rings. The highest BCUT2D eigenvalue weighted by atomic mass is 35.5. The van der Waals surface area contributed by atoms with Crippen LogP contribution in [0.3, 0.4) is 0 Å². The molecular weight excluding hydrogens is 452 g/mol. The Morgan fingerprint density at radius 2 is 1.91 bits per heavy atom. The number of rotatable bonds is 6. The van der Waals surface area contributed by atoms with Crippen LogP contribution in [-0.4, -0.2) is 50.2 Å². The van der Waals surface area contributed by atoms with Crippen LogP contribution in [-0.2, 0) is 26.0 Å². The van der Waals surface area contributed by atoms with E-state index in [9.17, 15) is 13.2 Å². The lowest BCUT2D eigenvalue weighted by Gasteiger charge is -2.29. The maximum absolute atomic E-state index is 13.5. The van der Waals surface area contributed by atoms with Crippen molar-refractivity contribution in [2.75, 3.05) is 26.4 Å². The number of sulfonamides is 1. The molecule has 0 spiro atoms. The van der Waals surface area contributed by atoms with Crippen molar-refractivity contribution in [3.8, 4) is 0 Å². The second-order valence-electron chi connectivity index (χ2n) is 7.97. The van der Waals surface area contributed by atoms with Crippen LogP contribution in [0.2, 0.25) is 5.02 Å². The molecule has 32 heavy (non-hydrogen) atoms. The average molecular weight is 477 g/mol. The number of benzene rings is 2. The van der Waals surface area contributed by atoms with Crippen LogP contribution >= 0.6 is 11.6 Å². The predicted molar refractivity (Wildman–Crippen MR) is 124 cm³/mol. The van der Waals surface area contributed by atoms with E-state index in [1.54, 1.807) is 18.2 Å². The van der Waals surface area contributed by atoms with Crippen molar-refractivity contribution in [2.45, 2.75) is 31.4 Å². The monoisotopic (exact) mass is 476 g/mol. The van der Waals surface area contributed by atoms with E-state index < -0.39 is 16.1 Å². The van der Waals surface area contributed by atoms with Crippen LogP contribution < -0.4 is 5.56 Å². The standard InChI is InChI=1S/C23H25ClN2O5S/c1-15-8-17-10-18(23(27)25-22(17)9-16(15)2)12-26(13-20-14-30-6-7-31-20)32(28,29)21-5-3-4-19(24)11-21/h3-5,8-11,20H,6-7,12-14H2,1-2H3,(H,25,27)/t20-/m1/s1. The van der Waals surface area contributed by atoms with Gasteiger partial charge in [-0.05, 0) is 66.8 Å². The first kappa shape index (κ1) is 22.9. The average Bonchev–Trinajstić information content (AvgIpc) is 2.76. The summed E-state index contributed by atoms with van der Waals surface area (Å²) in [6.45, 7) is 5.08. The fraction of sp³-hybridized carbons (Fsp3) is 0.348. The molecule has 1 aliphatic rings. The normalized spacial score (nSPS) is 17.2. The fourth-order valence-electron chi connectivity index (χ4n) is 3.72. The number of hydrogen-bond donors (Lipinski definition) is 1. The van der Waals surface area contributed by atoms with Gasteiger partial charge in [-0.3, -0.25) is 4.79 Å². The van der Waals surface area contributed by atoms with Gasteiger partial charge >= 0.3 is 0 Å². The number of halogens is 1. The number of aromatic amines is 1. The molecule has 4 rings (SSSR count). The first-order valence-corrected chi connectivity index (χ1v) is 12.1. The molecule has 0 unspecified atom stereocenters. The summed E-state index contributed by atoms with van der Waals surface area (Å²) < 4.78 is 39.4. The number of H-pyrrole nitrogens is 1. The minimum Gasteiger partial charge on any atom is -0.376 e. The number of nitrogens with one attached hydrogen (secondary N) is 1. The quantitative estimate of drug-likeness (QED) is 0.589. The molecule has 9 heteroatoms. The van der Waals surface area contributed by atoms with E-state index in [0.29, 0.717) is 23.8 Å². The Morgan fingerprint density at radius 3 is 2.62 bits per heavy atom. The van der Waals surface area contributed by atoms with Crippen molar-refractivity contribution in [3.63, 3.8) is 0 Å². The zero-order valence-electron chi connectivity index (χ0n) is 17.9. The second-order valence-corrected chi connectivity index (χ2v) is 10.3. The van der Waals surface area contributed by atoms with Crippen LogP contribution in [0.15, 0.2) is 52.2 Å². The first-order valence-electron chi connectivity index (χ1n) is 10.3. The first-order chi connectivity index (χ1) is 15.2. The minimum absolute atomic E-state index is 0.0548. The largest absolute Gasteiger partial charge is 0.376 e. The molecule has 2 aromatic carbocycles. The third-order valence-electron chi connectivity index (χ3n) is 5.61. The molecule has 7 nitrogen and oxygen atoms in total. The Morgan fingerprint density at radius 1 is 1.12 bits per heavy atom. The molecule has 0 bridgehead atoms. The Kier molecular flexibility index (Phi) is 6.69. The van der Waals surface area contributed by atoms with Crippen molar-refractivity contribution in [2.24, 2.45) is 0 Å². The summed E-state index contributed by atoms with van der Waals surface area (Å²) in [7, 11) is -3.95. The number of hydrogen-bond acceptors (Lipinski definition) is 5. The van der Waals surface area contributed by atoms with Gasteiger partial charge < -0.3 is 14.5 Å². The second kappa shape index (κ2) is 9.33. The van der Waals surface area contributed by atoms with Crippen molar-refractivity contribution < 1.29 is 17.9 Å². The molecule has 2 heterocycles. The summed E-state index contributed by atoms with van der Waals surface area (Å²) in [5, 5.41) is 1.16. The zero-order chi connectivity index (χ0) is 22.9. The van der Waals surface area contributed by atoms with Crippen molar-refractivity contribution in [3.05, 3.63) is 74.5 Å². The molecular formula is C23H25ClN2O5S. The Bertz CT molecular complexity index is 1300. The van der Waals surface area contributed by atoms with Gasteiger partial charge in [0, 0.05) is 29.2 Å². The topological polar surface area (TPSA) is 88.7 Å². The van der Waals surface area contributed by atoms with Gasteiger partial charge in [-0.1, -0.05) is 17.7 Å². The number of aromatic nitrogens is 1. The highest BCUT2D eigenvalue weighted by Crippen LogP contribution is 2.23. The minimum atomic E-state index is -3.95. The molecule has 0 amide bonds. The highest BCUT2D eigenvalue weighted by molar-refractivity contribution is 7.89. The summed E-state index contributed by atoms with van der Waals surface area (Å²) in [4.78, 5) is 15.8. The van der Waals surface area contributed by atoms with Gasteiger partial charge in [0.1, 0.15) is 0 Å². The summed E-state index contributed by atoms with van der Waals surface area (Å²) in [6.07, 6.45) is -0.429. The van der Waals surface area contributed by atoms with Crippen molar-refractivity contribution >= 4 is 32.5 Å². The SMILES string of the molecule is Cc1cc2cc(CN(C[C@@H]3COCCO3)S(=O)(=O)c3cccc(Cl)c3)c(=O)[nH]c2cc1C. The molecule has 1 N–H and O–H groups in total. The lowest BCUT2D eigenvalue weighted by Crippen LogP contribution is -2.43. The number of fused-ring (bicyclic) bond motifs is 1. The highest BCUT2D eigenvalue weighted by Gasteiger charge is 2.30. The number of aryl methyl sites for hydroxylation is 2. The third kappa shape index (κ3) is 4.89. The lowest BCUT2D eigenvalue weighted by atomic mass is 10.0. The van der Waals surface area contributed by atoms with Gasteiger partial charge in [0.2, 0.25) is 10.0 Å². The molecule has 1 saturated heterocycles. The molecule has 1 aliphatic heterocycles. The number of nitrogens with zero attached hydrogens (tertiary/aromatic N) is 1. The molecule has 0 saturated carbocycles. The maximum Gasteiger partial charge on any atom is 0.252 e. The van der Waals surface area contributed by atoms with Gasteiger partial charge in [0.15, 0.2) is 0 Å². The van der Waals surface area contributed by atoms with Crippen LogP contribution in [0.25, 0.3) is 10.9 Å². The summed E-state index contributed by atoms with van der Waals surface area (Å²) >= 11 is 6.04. The molecule has 0 aliphatic carbocycles. The summed E-state index contributed by atoms with van der Waals surface area (Å²) in [5.74, 6) is 0. The van der Waals surface area contributed by atoms with Gasteiger partial charge in [-0.15, -0.1) is 0 Å². The number of ether oxygens (including phenoxy) is 2. The van der Waals surface area contributed by atoms with Crippen molar-refractivity contribution in [1.29, 1.82) is 0 Å². The maximum atomic E-state index is 13.5. The Hall–Kier alpha value is -2.23. The summed E-state index contributed by atoms with van der Waals surface area (Å²) in [5.41, 5.74) is 2.90. The van der Waals surface area contributed by atoms with Gasteiger partial charge in [0.05, 0.1) is 30.8 Å². The Balaban J connectivity index is 1.74. The molecule has 3 aromatic rings. The number of pyridine rings is 1. The Labute approximate surface area is 192 Å². The lowest BCUT2D eigenvalue weighted by molar-refractivity contribution is -0.0923. The summed E-state index contributed by atoms with van der Waals surface area (Å²) in [6, 6.07) is 11.7. The molecule has 1 aromatic heterocycles. The van der Waals surface area contributed by atoms with E-state index in [1.165, 1.54) is 16.4 Å². The van der Waals surface area contributed by atoms with Gasteiger partial charge in [-0.2, -0.15) is 4.31 Å². The van der Waals surface area contributed by atoms with Crippen LogP contribution in [0.5, 0.6) is 0 Å². The van der Waals surface area contributed by atoms with E-state index in [4.69, 9.17) is 21.1 Å². The third-order valence-corrected chi connectivity index (χ3v) is 7.65. The van der Waals surface area contributed by atoms with Crippen LogP contribution in [0.1, 0.15) is 16.7 Å². The van der Waals surface area contributed by atoms with E-state index in [0.717, 1.165) is 22.0 Å². The van der Waals surface area contributed by atoms with E-state index in [1.807, 2.05) is 26.0 Å². The van der Waals surface area contributed by atoms with Crippen LogP contribution in [0.4, 0.5) is 0 Å². The van der Waals surface area contributed by atoms with E-state index in [2.05, 4.69) is 4.98 Å². The van der Waals surface area contributed by atoms with Gasteiger partial charge in [0.25, 0.3) is 5.56 Å². The van der Waals surface area contributed by atoms with E-state index >= 15 is 0 Å².